The van der Waals surface area contributed by atoms with Crippen molar-refractivity contribution in [2.45, 2.75) is 38.6 Å². The highest BCUT2D eigenvalue weighted by Crippen LogP contribution is 2.23. The first kappa shape index (κ1) is 9.93. The molecule has 0 aromatic rings. The van der Waals surface area contributed by atoms with E-state index in [1.165, 1.54) is 12.8 Å². The van der Waals surface area contributed by atoms with E-state index >= 15 is 0 Å². The van der Waals surface area contributed by atoms with Gasteiger partial charge in [0.1, 0.15) is 0 Å². The van der Waals surface area contributed by atoms with Crippen molar-refractivity contribution in [3.05, 3.63) is 0 Å². The minimum absolute atomic E-state index is 0.426. The molecular formula is C9H17NOS. The minimum Gasteiger partial charge on any atom is -0.487 e. The molecule has 1 fully saturated rings. The van der Waals surface area contributed by atoms with Crippen molar-refractivity contribution in [2.24, 2.45) is 11.7 Å². The number of hydrogen-bond donors (Lipinski definition) is 1. The molecule has 0 atom stereocenters. The van der Waals surface area contributed by atoms with Crippen LogP contribution in [0.4, 0.5) is 0 Å². The molecular weight excluding hydrogens is 170 g/mol. The molecule has 1 aliphatic rings. The summed E-state index contributed by atoms with van der Waals surface area (Å²) in [6.45, 7) is 2.62. The lowest BCUT2D eigenvalue weighted by Crippen LogP contribution is -2.28. The first-order valence-electron chi connectivity index (χ1n) is 4.57. The van der Waals surface area contributed by atoms with E-state index in [0.717, 1.165) is 19.4 Å². The van der Waals surface area contributed by atoms with Crippen LogP contribution in [-0.4, -0.2) is 17.7 Å². The number of nitrogens with two attached hydrogens (primary N) is 1. The number of rotatable bonds is 2. The van der Waals surface area contributed by atoms with Crippen LogP contribution >= 0.6 is 12.2 Å². The van der Waals surface area contributed by atoms with Crippen LogP contribution in [0.3, 0.4) is 0 Å². The van der Waals surface area contributed by atoms with E-state index in [2.05, 4.69) is 0 Å². The van der Waals surface area contributed by atoms with E-state index in [-0.39, 0.29) is 0 Å². The Kier molecular flexibility index (Phi) is 3.95. The van der Waals surface area contributed by atoms with E-state index in [1.807, 2.05) is 6.92 Å². The Balaban J connectivity index is 2.13. The molecule has 0 unspecified atom stereocenters. The minimum atomic E-state index is 0.426. The number of hydrogen-bond acceptors (Lipinski definition) is 3. The van der Waals surface area contributed by atoms with Gasteiger partial charge in [0, 0.05) is 13.0 Å². The second-order valence-electron chi connectivity index (χ2n) is 3.58. The predicted octanol–water partition coefficient (Wildman–Crippen LogP) is 1.87. The molecule has 1 saturated carbocycles. The van der Waals surface area contributed by atoms with Crippen molar-refractivity contribution in [3.63, 3.8) is 0 Å². The molecule has 0 aromatic heterocycles. The lowest BCUT2D eigenvalue weighted by Gasteiger charge is -2.25. The third kappa shape index (κ3) is 3.50. The molecule has 0 aliphatic heterocycles. The molecule has 12 heavy (non-hydrogen) atoms. The van der Waals surface area contributed by atoms with Crippen molar-refractivity contribution in [3.8, 4) is 0 Å². The fourth-order valence-electron chi connectivity index (χ4n) is 1.59. The summed E-state index contributed by atoms with van der Waals surface area (Å²) in [4.78, 5) is 0. The second-order valence-corrected chi connectivity index (χ2v) is 4.16. The summed E-state index contributed by atoms with van der Waals surface area (Å²) in [5.74, 6) is 0.683. The normalized spacial score (nSPS) is 29.8. The molecule has 0 bridgehead atoms. The van der Waals surface area contributed by atoms with Gasteiger partial charge in [-0.3, -0.25) is 0 Å². The van der Waals surface area contributed by atoms with Gasteiger partial charge in [-0.05, 0) is 43.8 Å². The first-order valence-corrected chi connectivity index (χ1v) is 4.98. The Bertz CT molecular complexity index is 153. The summed E-state index contributed by atoms with van der Waals surface area (Å²) < 4.78 is 5.31. The highest BCUT2D eigenvalue weighted by molar-refractivity contribution is 7.80. The van der Waals surface area contributed by atoms with Gasteiger partial charge < -0.3 is 10.5 Å². The monoisotopic (exact) mass is 187 g/mol. The van der Waals surface area contributed by atoms with Gasteiger partial charge in [-0.2, -0.15) is 0 Å². The molecule has 0 amide bonds. The van der Waals surface area contributed by atoms with Gasteiger partial charge >= 0.3 is 0 Å². The molecule has 3 heteroatoms. The van der Waals surface area contributed by atoms with Gasteiger partial charge in [0.25, 0.3) is 0 Å². The van der Waals surface area contributed by atoms with Crippen molar-refractivity contribution < 1.29 is 4.74 Å². The summed E-state index contributed by atoms with van der Waals surface area (Å²) in [5, 5.41) is 0.657. The van der Waals surface area contributed by atoms with Crippen molar-refractivity contribution >= 4 is 17.3 Å². The molecule has 0 saturated heterocycles. The molecule has 2 N–H and O–H groups in total. The molecule has 0 spiro atoms. The Morgan fingerprint density at radius 2 is 2.00 bits per heavy atom. The second kappa shape index (κ2) is 4.77. The Hall–Kier alpha value is -0.150. The van der Waals surface area contributed by atoms with Crippen LogP contribution in [0.2, 0.25) is 0 Å². The topological polar surface area (TPSA) is 35.2 Å². The summed E-state index contributed by atoms with van der Waals surface area (Å²) >= 11 is 4.84. The zero-order chi connectivity index (χ0) is 8.97. The van der Waals surface area contributed by atoms with Crippen LogP contribution in [0.15, 0.2) is 0 Å². The third-order valence-corrected chi connectivity index (χ3v) is 2.53. The standard InChI is InChI=1S/C9H17NOS/c1-7(12)11-6-8-2-4-9(10)5-3-8/h8-9H,2-6,10H2,1H3. The van der Waals surface area contributed by atoms with Gasteiger partial charge in [-0.1, -0.05) is 0 Å². The Morgan fingerprint density at radius 3 is 2.50 bits per heavy atom. The molecule has 1 aliphatic carbocycles. The number of ether oxygens (including phenoxy) is 1. The van der Waals surface area contributed by atoms with Gasteiger partial charge in [-0.25, -0.2) is 0 Å². The van der Waals surface area contributed by atoms with Gasteiger partial charge in [0.05, 0.1) is 6.61 Å². The third-order valence-electron chi connectivity index (χ3n) is 2.41. The lowest BCUT2D eigenvalue weighted by molar-refractivity contribution is 0.194. The molecule has 70 valence electrons. The maximum Gasteiger partial charge on any atom is 0.156 e. The highest BCUT2D eigenvalue weighted by Gasteiger charge is 2.18. The largest absolute Gasteiger partial charge is 0.487 e. The summed E-state index contributed by atoms with van der Waals surface area (Å²) in [5.41, 5.74) is 5.79. The van der Waals surface area contributed by atoms with Crippen LogP contribution < -0.4 is 5.73 Å². The van der Waals surface area contributed by atoms with E-state index in [9.17, 15) is 0 Å². The summed E-state index contributed by atoms with van der Waals surface area (Å²) in [7, 11) is 0. The first-order chi connectivity index (χ1) is 5.68. The quantitative estimate of drug-likeness (QED) is 0.670. The summed E-state index contributed by atoms with van der Waals surface area (Å²) in [6.07, 6.45) is 4.68. The molecule has 1 rings (SSSR count). The molecule has 0 radical (unpaired) electrons. The fraction of sp³-hybridized carbons (Fsp3) is 0.889. The average molecular weight is 187 g/mol. The van der Waals surface area contributed by atoms with Crippen molar-refractivity contribution in [1.82, 2.24) is 0 Å². The summed E-state index contributed by atoms with van der Waals surface area (Å²) in [6, 6.07) is 0.426. The maximum absolute atomic E-state index is 5.79. The van der Waals surface area contributed by atoms with Gasteiger partial charge in [0.2, 0.25) is 0 Å². The van der Waals surface area contributed by atoms with Crippen molar-refractivity contribution in [1.29, 1.82) is 0 Å². The van der Waals surface area contributed by atoms with Gasteiger partial charge in [0.15, 0.2) is 5.05 Å². The van der Waals surface area contributed by atoms with E-state index in [4.69, 9.17) is 22.7 Å². The molecule has 2 nitrogen and oxygen atoms in total. The van der Waals surface area contributed by atoms with E-state index in [1.54, 1.807) is 0 Å². The SMILES string of the molecule is CC(=S)OCC1CCC(N)CC1. The van der Waals surface area contributed by atoms with E-state index in [0.29, 0.717) is 17.0 Å². The average Bonchev–Trinajstić information content (AvgIpc) is 2.03. The van der Waals surface area contributed by atoms with Crippen LogP contribution in [0, 0.1) is 5.92 Å². The lowest BCUT2D eigenvalue weighted by atomic mass is 9.87. The van der Waals surface area contributed by atoms with Crippen LogP contribution in [-0.2, 0) is 4.74 Å². The predicted molar refractivity (Wildman–Crippen MR) is 54.2 cm³/mol. The maximum atomic E-state index is 5.79. The smallest absolute Gasteiger partial charge is 0.156 e. The Labute approximate surface area is 79.5 Å². The molecule has 0 aromatic carbocycles. The van der Waals surface area contributed by atoms with E-state index < -0.39 is 0 Å². The van der Waals surface area contributed by atoms with Gasteiger partial charge in [-0.15, -0.1) is 0 Å². The van der Waals surface area contributed by atoms with Crippen LogP contribution in [0.25, 0.3) is 0 Å². The highest BCUT2D eigenvalue weighted by atomic mass is 32.1. The molecule has 0 heterocycles. The zero-order valence-corrected chi connectivity index (χ0v) is 8.40. The zero-order valence-electron chi connectivity index (χ0n) is 7.58. The van der Waals surface area contributed by atoms with Crippen LogP contribution in [0.1, 0.15) is 32.6 Å². The fourth-order valence-corrected chi connectivity index (χ4v) is 1.66. The Morgan fingerprint density at radius 1 is 1.42 bits per heavy atom. The van der Waals surface area contributed by atoms with Crippen molar-refractivity contribution in [2.75, 3.05) is 6.61 Å². The number of thiocarbonyl (C=S) groups is 1. The van der Waals surface area contributed by atoms with Crippen LogP contribution in [0.5, 0.6) is 0 Å².